The Morgan fingerprint density at radius 2 is 2.41 bits per heavy atom. The lowest BCUT2D eigenvalue weighted by Gasteiger charge is -2.07. The molecule has 0 radical (unpaired) electrons. The Labute approximate surface area is 101 Å². The van der Waals surface area contributed by atoms with Crippen molar-refractivity contribution in [3.05, 3.63) is 30.2 Å². The monoisotopic (exact) mass is 231 g/mol. The lowest BCUT2D eigenvalue weighted by atomic mass is 10.0. The minimum absolute atomic E-state index is 0.252. The Morgan fingerprint density at radius 3 is 3.12 bits per heavy atom. The largest absolute Gasteiger partial charge is 0.504 e. The SMILES string of the molecule is CN1CCC(Cc2cn3cccc(O)c3n2)C1. The third-order valence-corrected chi connectivity index (χ3v) is 3.50. The molecule has 1 aliphatic rings. The summed E-state index contributed by atoms with van der Waals surface area (Å²) in [6, 6.07) is 3.51. The molecule has 3 rings (SSSR count). The summed E-state index contributed by atoms with van der Waals surface area (Å²) >= 11 is 0. The Balaban J connectivity index is 1.84. The van der Waals surface area contributed by atoms with Crippen LogP contribution in [0.25, 0.3) is 5.65 Å². The Kier molecular flexibility index (Phi) is 2.52. The lowest BCUT2D eigenvalue weighted by Crippen LogP contribution is -2.15. The van der Waals surface area contributed by atoms with Gasteiger partial charge in [0, 0.05) is 18.9 Å². The van der Waals surface area contributed by atoms with Gasteiger partial charge in [0.05, 0.1) is 5.69 Å². The number of aromatic hydroxyl groups is 1. The van der Waals surface area contributed by atoms with E-state index in [-0.39, 0.29) is 5.75 Å². The zero-order valence-electron chi connectivity index (χ0n) is 10.0. The summed E-state index contributed by atoms with van der Waals surface area (Å²) < 4.78 is 1.89. The van der Waals surface area contributed by atoms with E-state index >= 15 is 0 Å². The summed E-state index contributed by atoms with van der Waals surface area (Å²) in [5.74, 6) is 0.953. The first-order valence-corrected chi connectivity index (χ1v) is 6.06. The number of likely N-dealkylation sites (tertiary alicyclic amines) is 1. The number of rotatable bonds is 2. The maximum atomic E-state index is 9.70. The molecule has 0 amide bonds. The number of hydrogen-bond acceptors (Lipinski definition) is 3. The summed E-state index contributed by atoms with van der Waals surface area (Å²) in [6.07, 6.45) is 6.20. The third-order valence-electron chi connectivity index (χ3n) is 3.50. The lowest BCUT2D eigenvalue weighted by molar-refractivity contribution is 0.394. The predicted octanol–water partition coefficient (Wildman–Crippen LogP) is 1.53. The number of aromatic nitrogens is 2. The van der Waals surface area contributed by atoms with Gasteiger partial charge in [-0.3, -0.25) is 0 Å². The van der Waals surface area contributed by atoms with Gasteiger partial charge >= 0.3 is 0 Å². The average Bonchev–Trinajstić information content (AvgIpc) is 2.86. The molecular weight excluding hydrogens is 214 g/mol. The number of pyridine rings is 1. The van der Waals surface area contributed by atoms with Crippen molar-refractivity contribution in [3.8, 4) is 5.75 Å². The molecule has 1 atom stereocenters. The summed E-state index contributed by atoms with van der Waals surface area (Å²) in [6.45, 7) is 2.34. The summed E-state index contributed by atoms with van der Waals surface area (Å²) in [5.41, 5.74) is 1.74. The van der Waals surface area contributed by atoms with Crippen molar-refractivity contribution in [2.24, 2.45) is 5.92 Å². The molecule has 2 aromatic rings. The van der Waals surface area contributed by atoms with Gasteiger partial charge in [0.15, 0.2) is 11.4 Å². The van der Waals surface area contributed by atoms with Crippen LogP contribution in [0.3, 0.4) is 0 Å². The van der Waals surface area contributed by atoms with Gasteiger partial charge in [-0.1, -0.05) is 0 Å². The van der Waals surface area contributed by atoms with E-state index in [1.54, 1.807) is 6.07 Å². The average molecular weight is 231 g/mol. The molecule has 4 nitrogen and oxygen atoms in total. The molecule has 1 saturated heterocycles. The molecule has 0 aliphatic carbocycles. The van der Waals surface area contributed by atoms with E-state index in [1.165, 1.54) is 13.0 Å². The molecule has 0 spiro atoms. The van der Waals surface area contributed by atoms with Gasteiger partial charge < -0.3 is 14.4 Å². The zero-order chi connectivity index (χ0) is 11.8. The summed E-state index contributed by atoms with van der Waals surface area (Å²) in [5, 5.41) is 9.70. The molecule has 1 N–H and O–H groups in total. The highest BCUT2D eigenvalue weighted by Gasteiger charge is 2.20. The van der Waals surface area contributed by atoms with Crippen molar-refractivity contribution in [2.75, 3.05) is 20.1 Å². The molecule has 90 valence electrons. The van der Waals surface area contributed by atoms with E-state index in [2.05, 4.69) is 16.9 Å². The fraction of sp³-hybridized carbons (Fsp3) is 0.462. The minimum Gasteiger partial charge on any atom is -0.504 e. The van der Waals surface area contributed by atoms with Gasteiger partial charge in [-0.15, -0.1) is 0 Å². The van der Waals surface area contributed by atoms with Crippen LogP contribution < -0.4 is 0 Å². The topological polar surface area (TPSA) is 40.8 Å². The van der Waals surface area contributed by atoms with Crippen molar-refractivity contribution in [2.45, 2.75) is 12.8 Å². The number of imidazole rings is 1. The van der Waals surface area contributed by atoms with Crippen LogP contribution in [0.15, 0.2) is 24.5 Å². The van der Waals surface area contributed by atoms with Crippen molar-refractivity contribution in [3.63, 3.8) is 0 Å². The summed E-state index contributed by atoms with van der Waals surface area (Å²) in [4.78, 5) is 6.85. The molecule has 17 heavy (non-hydrogen) atoms. The molecule has 4 heteroatoms. The molecule has 1 fully saturated rings. The minimum atomic E-state index is 0.252. The van der Waals surface area contributed by atoms with Crippen LogP contribution in [0.5, 0.6) is 5.75 Å². The normalized spacial score (nSPS) is 21.4. The Bertz CT molecular complexity index is 534. The molecular formula is C13H17N3O. The second-order valence-corrected chi connectivity index (χ2v) is 4.98. The fourth-order valence-electron chi connectivity index (χ4n) is 2.64. The number of fused-ring (bicyclic) bond motifs is 1. The molecule has 1 aliphatic heterocycles. The van der Waals surface area contributed by atoms with E-state index in [0.29, 0.717) is 11.6 Å². The summed E-state index contributed by atoms with van der Waals surface area (Å²) in [7, 11) is 2.16. The highest BCUT2D eigenvalue weighted by molar-refractivity contribution is 5.53. The van der Waals surface area contributed by atoms with E-state index in [0.717, 1.165) is 18.7 Å². The van der Waals surface area contributed by atoms with Gasteiger partial charge in [0.25, 0.3) is 0 Å². The van der Waals surface area contributed by atoms with Gasteiger partial charge in [-0.05, 0) is 44.5 Å². The predicted molar refractivity (Wildman–Crippen MR) is 66.2 cm³/mol. The van der Waals surface area contributed by atoms with Gasteiger partial charge in [-0.2, -0.15) is 0 Å². The first-order chi connectivity index (χ1) is 8.22. The van der Waals surface area contributed by atoms with Crippen LogP contribution in [-0.4, -0.2) is 39.5 Å². The highest BCUT2D eigenvalue weighted by atomic mass is 16.3. The number of hydrogen-bond donors (Lipinski definition) is 1. The first-order valence-electron chi connectivity index (χ1n) is 6.06. The van der Waals surface area contributed by atoms with Crippen molar-refractivity contribution in [1.82, 2.24) is 14.3 Å². The Morgan fingerprint density at radius 1 is 1.53 bits per heavy atom. The molecule has 0 aromatic carbocycles. The first kappa shape index (κ1) is 10.6. The van der Waals surface area contributed by atoms with Crippen LogP contribution in [0.4, 0.5) is 0 Å². The second-order valence-electron chi connectivity index (χ2n) is 4.98. The van der Waals surface area contributed by atoms with Crippen molar-refractivity contribution >= 4 is 5.65 Å². The van der Waals surface area contributed by atoms with Crippen molar-refractivity contribution in [1.29, 1.82) is 0 Å². The van der Waals surface area contributed by atoms with Crippen LogP contribution in [0.1, 0.15) is 12.1 Å². The van der Waals surface area contributed by atoms with E-state index in [4.69, 9.17) is 0 Å². The van der Waals surface area contributed by atoms with Crippen LogP contribution in [0, 0.1) is 5.92 Å². The third kappa shape index (κ3) is 2.00. The fourth-order valence-corrected chi connectivity index (χ4v) is 2.64. The maximum absolute atomic E-state index is 9.70. The smallest absolute Gasteiger partial charge is 0.179 e. The highest BCUT2D eigenvalue weighted by Crippen LogP contribution is 2.22. The Hall–Kier alpha value is -1.55. The molecule has 0 saturated carbocycles. The van der Waals surface area contributed by atoms with Gasteiger partial charge in [0.1, 0.15) is 0 Å². The molecule has 0 bridgehead atoms. The maximum Gasteiger partial charge on any atom is 0.179 e. The zero-order valence-corrected chi connectivity index (χ0v) is 10.0. The quantitative estimate of drug-likeness (QED) is 0.852. The van der Waals surface area contributed by atoms with E-state index < -0.39 is 0 Å². The second kappa shape index (κ2) is 4.04. The van der Waals surface area contributed by atoms with Crippen LogP contribution >= 0.6 is 0 Å². The van der Waals surface area contributed by atoms with Crippen LogP contribution in [-0.2, 0) is 6.42 Å². The molecule has 2 aromatic heterocycles. The van der Waals surface area contributed by atoms with E-state index in [1.807, 2.05) is 22.9 Å². The standard InChI is InChI=1S/C13H17N3O/c1-15-6-4-10(8-15)7-11-9-16-5-2-3-12(17)13(16)14-11/h2-3,5,9-10,17H,4,6-8H2,1H3. The number of nitrogens with zero attached hydrogens (tertiary/aromatic N) is 3. The van der Waals surface area contributed by atoms with Crippen LogP contribution in [0.2, 0.25) is 0 Å². The van der Waals surface area contributed by atoms with E-state index in [9.17, 15) is 5.11 Å². The molecule has 3 heterocycles. The van der Waals surface area contributed by atoms with Gasteiger partial charge in [0.2, 0.25) is 0 Å². The van der Waals surface area contributed by atoms with Crippen molar-refractivity contribution < 1.29 is 5.11 Å². The van der Waals surface area contributed by atoms with Gasteiger partial charge in [-0.25, -0.2) is 4.98 Å². The molecule has 1 unspecified atom stereocenters.